The monoisotopic (exact) mass is 278 g/mol. The molecule has 1 amide bonds. The minimum Gasteiger partial charge on any atom is -0.454 e. The normalized spacial score (nSPS) is 14.2. The summed E-state index contributed by atoms with van der Waals surface area (Å²) in [5.74, 6) is 1.90. The summed E-state index contributed by atoms with van der Waals surface area (Å²) >= 11 is 0. The highest BCUT2D eigenvalue weighted by atomic mass is 16.7. The molecular formula is C15H22N2O3. The second-order valence-corrected chi connectivity index (χ2v) is 5.15. The average molecular weight is 278 g/mol. The highest BCUT2D eigenvalue weighted by Gasteiger charge is 2.17. The third-order valence-corrected chi connectivity index (χ3v) is 3.66. The fraction of sp³-hybridized carbons (Fsp3) is 0.533. The van der Waals surface area contributed by atoms with Gasteiger partial charge in [-0.25, -0.2) is 0 Å². The lowest BCUT2D eigenvalue weighted by atomic mass is 10.0. The molecule has 1 unspecified atom stereocenters. The number of ether oxygens (including phenoxy) is 2. The van der Waals surface area contributed by atoms with Gasteiger partial charge in [-0.2, -0.15) is 0 Å². The molecule has 0 saturated carbocycles. The summed E-state index contributed by atoms with van der Waals surface area (Å²) < 4.78 is 10.6. The fourth-order valence-electron chi connectivity index (χ4n) is 2.20. The Hall–Kier alpha value is -1.75. The minimum atomic E-state index is 0.125. The SMILES string of the molecule is CCC(CN)CC(=O)N(C)Cc1ccc2c(c1)OCO2. The minimum absolute atomic E-state index is 0.125. The van der Waals surface area contributed by atoms with Crippen molar-refractivity contribution in [1.29, 1.82) is 0 Å². The Morgan fingerprint density at radius 3 is 2.85 bits per heavy atom. The number of hydrogen-bond acceptors (Lipinski definition) is 4. The van der Waals surface area contributed by atoms with Crippen LogP contribution in [0.2, 0.25) is 0 Å². The highest BCUT2D eigenvalue weighted by molar-refractivity contribution is 5.76. The number of hydrogen-bond donors (Lipinski definition) is 1. The van der Waals surface area contributed by atoms with Crippen LogP contribution in [-0.4, -0.2) is 31.2 Å². The maximum Gasteiger partial charge on any atom is 0.231 e. The number of nitrogens with zero attached hydrogens (tertiary/aromatic N) is 1. The van der Waals surface area contributed by atoms with E-state index in [4.69, 9.17) is 15.2 Å². The molecule has 20 heavy (non-hydrogen) atoms. The zero-order valence-corrected chi connectivity index (χ0v) is 12.1. The molecule has 2 rings (SSSR count). The molecule has 1 aromatic rings. The smallest absolute Gasteiger partial charge is 0.231 e. The standard InChI is InChI=1S/C15H22N2O3/c1-3-11(8-16)7-15(18)17(2)9-12-4-5-13-14(6-12)20-10-19-13/h4-6,11H,3,7-10,16H2,1-2H3. The van der Waals surface area contributed by atoms with Crippen molar-refractivity contribution in [2.75, 3.05) is 20.4 Å². The predicted octanol–water partition coefficient (Wildman–Crippen LogP) is 1.75. The Labute approximate surface area is 119 Å². The molecule has 0 fully saturated rings. The number of fused-ring (bicyclic) bond motifs is 1. The molecule has 0 aliphatic carbocycles. The lowest BCUT2D eigenvalue weighted by Gasteiger charge is -2.20. The van der Waals surface area contributed by atoms with E-state index in [0.717, 1.165) is 23.5 Å². The summed E-state index contributed by atoms with van der Waals surface area (Å²) in [6.07, 6.45) is 1.44. The third-order valence-electron chi connectivity index (χ3n) is 3.66. The van der Waals surface area contributed by atoms with Gasteiger partial charge in [0.15, 0.2) is 11.5 Å². The molecule has 0 aromatic heterocycles. The summed E-state index contributed by atoms with van der Waals surface area (Å²) in [5.41, 5.74) is 6.68. The largest absolute Gasteiger partial charge is 0.454 e. The van der Waals surface area contributed by atoms with Gasteiger partial charge < -0.3 is 20.1 Å². The number of carbonyl (C=O) groups is 1. The zero-order valence-electron chi connectivity index (χ0n) is 12.1. The molecule has 1 heterocycles. The zero-order chi connectivity index (χ0) is 14.5. The molecular weight excluding hydrogens is 256 g/mol. The van der Waals surface area contributed by atoms with Crippen LogP contribution in [0.15, 0.2) is 18.2 Å². The van der Waals surface area contributed by atoms with E-state index in [1.807, 2.05) is 25.2 Å². The first kappa shape index (κ1) is 14.7. The molecule has 2 N–H and O–H groups in total. The Kier molecular flexibility index (Phi) is 4.84. The Bertz CT molecular complexity index is 472. The van der Waals surface area contributed by atoms with Gasteiger partial charge in [-0.3, -0.25) is 4.79 Å². The van der Waals surface area contributed by atoms with Crippen molar-refractivity contribution in [2.24, 2.45) is 11.7 Å². The van der Waals surface area contributed by atoms with Crippen LogP contribution < -0.4 is 15.2 Å². The average Bonchev–Trinajstić information content (AvgIpc) is 2.91. The van der Waals surface area contributed by atoms with E-state index in [-0.39, 0.29) is 18.6 Å². The first-order chi connectivity index (χ1) is 9.63. The molecule has 110 valence electrons. The van der Waals surface area contributed by atoms with Crippen molar-refractivity contribution in [3.05, 3.63) is 23.8 Å². The van der Waals surface area contributed by atoms with Crippen LogP contribution in [0.25, 0.3) is 0 Å². The van der Waals surface area contributed by atoms with Crippen LogP contribution in [0.5, 0.6) is 11.5 Å². The van der Waals surface area contributed by atoms with Crippen molar-refractivity contribution in [3.63, 3.8) is 0 Å². The molecule has 0 spiro atoms. The number of carbonyl (C=O) groups excluding carboxylic acids is 1. The summed E-state index contributed by atoms with van der Waals surface area (Å²) in [4.78, 5) is 13.9. The van der Waals surface area contributed by atoms with E-state index in [1.165, 1.54) is 0 Å². The van der Waals surface area contributed by atoms with Gasteiger partial charge in [-0.05, 0) is 30.2 Å². The lowest BCUT2D eigenvalue weighted by Crippen LogP contribution is -2.29. The van der Waals surface area contributed by atoms with Crippen LogP contribution in [0.4, 0.5) is 0 Å². The Morgan fingerprint density at radius 1 is 1.40 bits per heavy atom. The quantitative estimate of drug-likeness (QED) is 0.861. The molecule has 5 heteroatoms. The van der Waals surface area contributed by atoms with Crippen LogP contribution in [0, 0.1) is 5.92 Å². The Balaban J connectivity index is 1.93. The first-order valence-corrected chi connectivity index (χ1v) is 6.96. The van der Waals surface area contributed by atoms with E-state index in [9.17, 15) is 4.79 Å². The summed E-state index contributed by atoms with van der Waals surface area (Å²) in [7, 11) is 1.82. The van der Waals surface area contributed by atoms with Crippen molar-refractivity contribution in [1.82, 2.24) is 4.90 Å². The predicted molar refractivity (Wildman–Crippen MR) is 76.5 cm³/mol. The number of rotatable bonds is 6. The molecule has 1 atom stereocenters. The van der Waals surface area contributed by atoms with E-state index in [0.29, 0.717) is 19.5 Å². The second-order valence-electron chi connectivity index (χ2n) is 5.15. The fourth-order valence-corrected chi connectivity index (χ4v) is 2.20. The van der Waals surface area contributed by atoms with Gasteiger partial charge in [0, 0.05) is 20.0 Å². The van der Waals surface area contributed by atoms with Gasteiger partial charge in [-0.1, -0.05) is 19.4 Å². The van der Waals surface area contributed by atoms with E-state index in [2.05, 4.69) is 6.92 Å². The van der Waals surface area contributed by atoms with Crippen molar-refractivity contribution in [2.45, 2.75) is 26.3 Å². The van der Waals surface area contributed by atoms with Gasteiger partial charge in [0.05, 0.1) is 0 Å². The van der Waals surface area contributed by atoms with Gasteiger partial charge >= 0.3 is 0 Å². The lowest BCUT2D eigenvalue weighted by molar-refractivity contribution is -0.131. The molecule has 0 radical (unpaired) electrons. The molecule has 1 aliphatic heterocycles. The molecule has 0 saturated heterocycles. The van der Waals surface area contributed by atoms with E-state index < -0.39 is 0 Å². The van der Waals surface area contributed by atoms with E-state index >= 15 is 0 Å². The molecule has 1 aromatic carbocycles. The summed E-state index contributed by atoms with van der Waals surface area (Å²) in [5, 5.41) is 0. The maximum atomic E-state index is 12.1. The van der Waals surface area contributed by atoms with E-state index in [1.54, 1.807) is 4.90 Å². The van der Waals surface area contributed by atoms with Gasteiger partial charge in [0.1, 0.15) is 0 Å². The summed E-state index contributed by atoms with van der Waals surface area (Å²) in [6, 6.07) is 5.76. The third kappa shape index (κ3) is 3.42. The second kappa shape index (κ2) is 6.61. The molecule has 5 nitrogen and oxygen atoms in total. The van der Waals surface area contributed by atoms with Gasteiger partial charge in [0.25, 0.3) is 0 Å². The molecule has 0 bridgehead atoms. The number of benzene rings is 1. The Morgan fingerprint density at radius 2 is 2.15 bits per heavy atom. The highest BCUT2D eigenvalue weighted by Crippen LogP contribution is 2.32. The van der Waals surface area contributed by atoms with Crippen molar-refractivity contribution < 1.29 is 14.3 Å². The van der Waals surface area contributed by atoms with Crippen LogP contribution in [-0.2, 0) is 11.3 Å². The number of amides is 1. The van der Waals surface area contributed by atoms with Crippen LogP contribution >= 0.6 is 0 Å². The summed E-state index contributed by atoms with van der Waals surface area (Å²) in [6.45, 7) is 3.45. The number of nitrogens with two attached hydrogens (primary N) is 1. The maximum absolute atomic E-state index is 12.1. The van der Waals surface area contributed by atoms with Crippen LogP contribution in [0.3, 0.4) is 0 Å². The van der Waals surface area contributed by atoms with Gasteiger partial charge in [0.2, 0.25) is 12.7 Å². The van der Waals surface area contributed by atoms with Crippen molar-refractivity contribution in [3.8, 4) is 11.5 Å². The topological polar surface area (TPSA) is 64.8 Å². The molecule has 1 aliphatic rings. The van der Waals surface area contributed by atoms with Crippen molar-refractivity contribution >= 4 is 5.91 Å². The first-order valence-electron chi connectivity index (χ1n) is 6.96. The van der Waals surface area contributed by atoms with Gasteiger partial charge in [-0.15, -0.1) is 0 Å². The van der Waals surface area contributed by atoms with Crippen LogP contribution in [0.1, 0.15) is 25.3 Å².